The second-order valence-electron chi connectivity index (χ2n) is 6.45. The minimum atomic E-state index is 0.319. The zero-order valence-electron chi connectivity index (χ0n) is 11.5. The number of hydrogen-bond donors (Lipinski definition) is 0. The van der Waals surface area contributed by atoms with Crippen molar-refractivity contribution in [3.05, 3.63) is 34.9 Å². The predicted octanol–water partition coefficient (Wildman–Crippen LogP) is 4.59. The van der Waals surface area contributed by atoms with Crippen molar-refractivity contribution in [1.29, 1.82) is 0 Å². The van der Waals surface area contributed by atoms with Crippen LogP contribution in [0, 0.1) is 12.8 Å². The van der Waals surface area contributed by atoms with Crippen molar-refractivity contribution in [3.63, 3.8) is 0 Å². The zero-order chi connectivity index (χ0) is 12.1. The summed E-state index contributed by atoms with van der Waals surface area (Å²) in [6, 6.07) is 7.00. The van der Waals surface area contributed by atoms with Gasteiger partial charge >= 0.3 is 0 Å². The van der Waals surface area contributed by atoms with Gasteiger partial charge in [-0.15, -0.1) is 0 Å². The minimum Gasteiger partial charge on any atom is -0.0651 e. The van der Waals surface area contributed by atoms with Gasteiger partial charge in [-0.1, -0.05) is 64.8 Å². The van der Waals surface area contributed by atoms with Crippen LogP contribution in [0.2, 0.25) is 0 Å². The smallest absolute Gasteiger partial charge is 0.00641 e. The van der Waals surface area contributed by atoms with Crippen LogP contribution in [0.25, 0.3) is 0 Å². The molecule has 0 spiro atoms. The molecule has 0 amide bonds. The molecule has 0 aliphatic heterocycles. The first-order chi connectivity index (χ1) is 7.31. The van der Waals surface area contributed by atoms with Crippen molar-refractivity contribution in [2.24, 2.45) is 5.92 Å². The normalized spacial score (nSPS) is 25.5. The molecular formula is C16H24. The molecule has 0 saturated heterocycles. The summed E-state index contributed by atoms with van der Waals surface area (Å²) < 4.78 is 0. The number of fused-ring (bicyclic) bond motifs is 1. The Hall–Kier alpha value is -0.780. The van der Waals surface area contributed by atoms with E-state index < -0.39 is 0 Å². The molecule has 16 heavy (non-hydrogen) atoms. The Morgan fingerprint density at radius 3 is 2.12 bits per heavy atom. The van der Waals surface area contributed by atoms with Gasteiger partial charge < -0.3 is 0 Å². The van der Waals surface area contributed by atoms with Crippen molar-refractivity contribution < 1.29 is 0 Å². The Morgan fingerprint density at radius 1 is 1.00 bits per heavy atom. The average Bonchev–Trinajstić information content (AvgIpc) is 2.30. The highest BCUT2D eigenvalue weighted by Gasteiger charge is 2.49. The topological polar surface area (TPSA) is 0 Å². The fourth-order valence-corrected chi connectivity index (χ4v) is 4.05. The molecule has 1 aliphatic rings. The first kappa shape index (κ1) is 11.7. The molecule has 0 heteroatoms. The molecule has 0 fully saturated rings. The van der Waals surface area contributed by atoms with E-state index in [9.17, 15) is 0 Å². The number of hydrogen-bond acceptors (Lipinski definition) is 0. The molecule has 1 aromatic rings. The lowest BCUT2D eigenvalue weighted by molar-refractivity contribution is 0.232. The molecule has 0 saturated carbocycles. The maximum absolute atomic E-state index is 2.41. The third-order valence-corrected chi connectivity index (χ3v) is 4.71. The van der Waals surface area contributed by atoms with E-state index in [4.69, 9.17) is 0 Å². The fourth-order valence-electron chi connectivity index (χ4n) is 4.05. The van der Waals surface area contributed by atoms with Gasteiger partial charge in [0.25, 0.3) is 0 Å². The van der Waals surface area contributed by atoms with Crippen molar-refractivity contribution in [1.82, 2.24) is 0 Å². The van der Waals surface area contributed by atoms with Gasteiger partial charge in [-0.05, 0) is 34.8 Å². The lowest BCUT2D eigenvalue weighted by atomic mass is 9.69. The third-order valence-electron chi connectivity index (χ3n) is 4.71. The van der Waals surface area contributed by atoms with Crippen molar-refractivity contribution in [3.8, 4) is 0 Å². The number of aryl methyl sites for hydroxylation is 1. The summed E-state index contributed by atoms with van der Waals surface area (Å²) in [5.74, 6) is 0.747. The second-order valence-corrected chi connectivity index (χ2v) is 6.45. The van der Waals surface area contributed by atoms with Crippen LogP contribution in [-0.4, -0.2) is 0 Å². The van der Waals surface area contributed by atoms with Crippen molar-refractivity contribution in [2.75, 3.05) is 0 Å². The zero-order valence-corrected chi connectivity index (χ0v) is 11.5. The van der Waals surface area contributed by atoms with Gasteiger partial charge in [-0.3, -0.25) is 0 Å². The lowest BCUT2D eigenvalue weighted by Crippen LogP contribution is -2.33. The van der Waals surface area contributed by atoms with Crippen LogP contribution in [0.15, 0.2) is 18.2 Å². The van der Waals surface area contributed by atoms with Gasteiger partial charge in [-0.2, -0.15) is 0 Å². The fraction of sp³-hybridized carbons (Fsp3) is 0.625. The van der Waals surface area contributed by atoms with Gasteiger partial charge in [0.2, 0.25) is 0 Å². The van der Waals surface area contributed by atoms with Crippen LogP contribution in [0.5, 0.6) is 0 Å². The Bertz CT molecular complexity index is 410. The lowest BCUT2D eigenvalue weighted by Gasteiger charge is -2.35. The highest BCUT2D eigenvalue weighted by molar-refractivity contribution is 5.47. The van der Waals surface area contributed by atoms with Crippen LogP contribution in [0.3, 0.4) is 0 Å². The molecule has 1 aromatic carbocycles. The molecule has 1 aliphatic carbocycles. The SMILES string of the molecule is CC[C@H]1C(C)(C)c2ccc(C)cc2C1(C)C. The molecule has 0 nitrogen and oxygen atoms in total. The molecule has 0 heterocycles. The number of benzene rings is 1. The molecule has 0 bridgehead atoms. The number of rotatable bonds is 1. The van der Waals surface area contributed by atoms with E-state index in [1.165, 1.54) is 12.0 Å². The van der Waals surface area contributed by atoms with E-state index >= 15 is 0 Å². The monoisotopic (exact) mass is 216 g/mol. The summed E-state index contributed by atoms with van der Waals surface area (Å²) in [7, 11) is 0. The van der Waals surface area contributed by atoms with Gasteiger partial charge in [0.15, 0.2) is 0 Å². The quantitative estimate of drug-likeness (QED) is 0.644. The van der Waals surface area contributed by atoms with E-state index in [-0.39, 0.29) is 0 Å². The van der Waals surface area contributed by atoms with Crippen molar-refractivity contribution in [2.45, 2.75) is 58.8 Å². The Morgan fingerprint density at radius 2 is 1.56 bits per heavy atom. The van der Waals surface area contributed by atoms with Crippen LogP contribution in [-0.2, 0) is 10.8 Å². The molecule has 0 unspecified atom stereocenters. The van der Waals surface area contributed by atoms with Crippen molar-refractivity contribution >= 4 is 0 Å². The Kier molecular flexibility index (Phi) is 2.45. The van der Waals surface area contributed by atoms with Crippen LogP contribution in [0.4, 0.5) is 0 Å². The van der Waals surface area contributed by atoms with E-state index in [2.05, 4.69) is 59.7 Å². The molecular weight excluding hydrogens is 192 g/mol. The summed E-state index contributed by atoms with van der Waals surface area (Å²) in [6.07, 6.45) is 1.26. The summed E-state index contributed by atoms with van der Waals surface area (Å²) in [5, 5.41) is 0. The maximum atomic E-state index is 2.41. The second kappa shape index (κ2) is 3.35. The minimum absolute atomic E-state index is 0.319. The summed E-state index contributed by atoms with van der Waals surface area (Å²) in [5.41, 5.74) is 5.17. The maximum Gasteiger partial charge on any atom is -0.00641 e. The van der Waals surface area contributed by atoms with E-state index in [0.717, 1.165) is 5.92 Å². The highest BCUT2D eigenvalue weighted by Crippen LogP contribution is 2.55. The van der Waals surface area contributed by atoms with Gasteiger partial charge in [-0.25, -0.2) is 0 Å². The van der Waals surface area contributed by atoms with E-state index in [1.54, 1.807) is 11.1 Å². The van der Waals surface area contributed by atoms with Crippen LogP contribution in [0.1, 0.15) is 57.7 Å². The molecule has 0 aromatic heterocycles. The van der Waals surface area contributed by atoms with Gasteiger partial charge in [0.05, 0.1) is 0 Å². The molecule has 0 radical (unpaired) electrons. The largest absolute Gasteiger partial charge is 0.0651 e. The van der Waals surface area contributed by atoms with Gasteiger partial charge in [0, 0.05) is 0 Å². The highest BCUT2D eigenvalue weighted by atomic mass is 14.5. The van der Waals surface area contributed by atoms with E-state index in [0.29, 0.717) is 10.8 Å². The molecule has 88 valence electrons. The van der Waals surface area contributed by atoms with Gasteiger partial charge in [0.1, 0.15) is 0 Å². The van der Waals surface area contributed by atoms with Crippen LogP contribution >= 0.6 is 0 Å². The summed E-state index contributed by atoms with van der Waals surface area (Å²) in [4.78, 5) is 0. The summed E-state index contributed by atoms with van der Waals surface area (Å²) >= 11 is 0. The first-order valence-electron chi connectivity index (χ1n) is 6.43. The molecule has 1 atom stereocenters. The summed E-state index contributed by atoms with van der Waals surface area (Å²) in [6.45, 7) is 14.2. The standard InChI is InChI=1S/C16H24/c1-7-14-15(3,4)12-9-8-11(2)10-13(12)16(14,5)6/h8-10,14H,7H2,1-6H3/t14-/m0/s1. The van der Waals surface area contributed by atoms with Crippen LogP contribution < -0.4 is 0 Å². The molecule has 2 rings (SSSR count). The molecule has 0 N–H and O–H groups in total. The predicted molar refractivity (Wildman–Crippen MR) is 71.0 cm³/mol. The average molecular weight is 216 g/mol. The van der Waals surface area contributed by atoms with E-state index in [1.807, 2.05) is 0 Å². The first-order valence-corrected chi connectivity index (χ1v) is 6.43. The Balaban J connectivity index is 2.68. The third kappa shape index (κ3) is 1.35. The Labute approximate surface area is 100 Å².